The smallest absolute Gasteiger partial charge is 0.377 e. The van der Waals surface area contributed by atoms with Crippen molar-refractivity contribution >= 4 is 11.9 Å². The van der Waals surface area contributed by atoms with E-state index in [9.17, 15) is 9.59 Å². The van der Waals surface area contributed by atoms with Crippen LogP contribution in [0.25, 0.3) is 0 Å². The number of carbonyl (C=O) groups excluding carboxylic acids is 1. The van der Waals surface area contributed by atoms with Gasteiger partial charge in [0.1, 0.15) is 6.33 Å². The zero-order valence-electron chi connectivity index (χ0n) is 7.51. The van der Waals surface area contributed by atoms with Gasteiger partial charge < -0.3 is 9.84 Å². The number of hydrogen-bond acceptors (Lipinski definition) is 5. The van der Waals surface area contributed by atoms with Gasteiger partial charge in [-0.3, -0.25) is 9.48 Å². The Morgan fingerprint density at radius 2 is 2.36 bits per heavy atom. The van der Waals surface area contributed by atoms with Crippen molar-refractivity contribution in [3.63, 3.8) is 0 Å². The van der Waals surface area contributed by atoms with Crippen LogP contribution in [0, 0.1) is 0 Å². The lowest BCUT2D eigenvalue weighted by Gasteiger charge is -1.95. The molecule has 0 saturated heterocycles. The van der Waals surface area contributed by atoms with E-state index < -0.39 is 11.9 Å². The summed E-state index contributed by atoms with van der Waals surface area (Å²) in [5.74, 6) is -1.64. The van der Waals surface area contributed by atoms with Gasteiger partial charge in [0, 0.05) is 0 Å². The zero-order valence-corrected chi connectivity index (χ0v) is 7.51. The van der Waals surface area contributed by atoms with E-state index in [1.54, 1.807) is 0 Å². The molecule has 1 heterocycles. The minimum absolute atomic E-state index is 0.0655. The summed E-state index contributed by atoms with van der Waals surface area (Å²) in [5, 5.41) is 12.1. The Morgan fingerprint density at radius 3 is 2.93 bits per heavy atom. The number of aliphatic carboxylic acids is 1. The molecule has 1 rings (SSSR count). The van der Waals surface area contributed by atoms with E-state index in [1.807, 2.05) is 0 Å². The zero-order chi connectivity index (χ0) is 10.6. The van der Waals surface area contributed by atoms with Gasteiger partial charge in [0.2, 0.25) is 0 Å². The predicted molar refractivity (Wildman–Crippen MR) is 43.6 cm³/mol. The van der Waals surface area contributed by atoms with Gasteiger partial charge in [0.15, 0.2) is 0 Å². The van der Waals surface area contributed by atoms with Crippen molar-refractivity contribution in [3.05, 3.63) is 12.2 Å². The average Bonchev–Trinajstić information content (AvgIpc) is 2.62. The lowest BCUT2D eigenvalue weighted by Crippen LogP contribution is -2.08. The van der Waals surface area contributed by atoms with Crippen molar-refractivity contribution in [2.75, 3.05) is 7.11 Å². The Kier molecular flexibility index (Phi) is 3.16. The molecule has 0 aromatic carbocycles. The summed E-state index contributed by atoms with van der Waals surface area (Å²) in [6.45, 7) is 0.180. The second-order valence-electron chi connectivity index (χ2n) is 2.47. The molecule has 0 radical (unpaired) electrons. The van der Waals surface area contributed by atoms with Crippen LogP contribution in [0.15, 0.2) is 6.33 Å². The highest BCUT2D eigenvalue weighted by Crippen LogP contribution is 1.94. The van der Waals surface area contributed by atoms with E-state index >= 15 is 0 Å². The number of ether oxygens (including phenoxy) is 1. The monoisotopic (exact) mass is 199 g/mol. The standard InChI is InChI=1S/C7H9N3O4/c1-14-7(13)6-8-4-10(9-6)3-2-5(11)12/h4H,2-3H2,1H3,(H,11,12). The molecular formula is C7H9N3O4. The number of aryl methyl sites for hydroxylation is 1. The number of carbonyl (C=O) groups is 2. The molecule has 0 aliphatic heterocycles. The number of carboxylic acid groups (broad SMARTS) is 1. The highest BCUT2D eigenvalue weighted by Gasteiger charge is 2.11. The van der Waals surface area contributed by atoms with Crippen LogP contribution in [0.4, 0.5) is 0 Å². The fourth-order valence-corrected chi connectivity index (χ4v) is 0.797. The third-order valence-corrected chi connectivity index (χ3v) is 1.46. The molecule has 7 nitrogen and oxygen atoms in total. The molecule has 7 heteroatoms. The van der Waals surface area contributed by atoms with Gasteiger partial charge >= 0.3 is 11.9 Å². The Bertz CT molecular complexity index is 346. The first-order chi connectivity index (χ1) is 6.63. The van der Waals surface area contributed by atoms with Crippen LogP contribution >= 0.6 is 0 Å². The van der Waals surface area contributed by atoms with E-state index in [1.165, 1.54) is 18.1 Å². The SMILES string of the molecule is COC(=O)c1ncn(CCC(=O)O)n1. The van der Waals surface area contributed by atoms with Gasteiger partial charge in [-0.25, -0.2) is 9.78 Å². The average molecular weight is 199 g/mol. The fourth-order valence-electron chi connectivity index (χ4n) is 0.797. The molecule has 76 valence electrons. The third-order valence-electron chi connectivity index (χ3n) is 1.46. The summed E-state index contributed by atoms with van der Waals surface area (Å²) in [5.41, 5.74) is 0. The topological polar surface area (TPSA) is 94.3 Å². The lowest BCUT2D eigenvalue weighted by molar-refractivity contribution is -0.137. The molecule has 1 aromatic heterocycles. The fraction of sp³-hybridized carbons (Fsp3) is 0.429. The molecule has 0 unspecified atom stereocenters. The molecule has 0 saturated carbocycles. The predicted octanol–water partition coefficient (Wildman–Crippen LogP) is -0.461. The van der Waals surface area contributed by atoms with Crippen LogP contribution in [0.1, 0.15) is 17.0 Å². The first-order valence-corrected chi connectivity index (χ1v) is 3.83. The number of nitrogens with zero attached hydrogens (tertiary/aromatic N) is 3. The van der Waals surface area contributed by atoms with Crippen molar-refractivity contribution in [1.82, 2.24) is 14.8 Å². The molecule has 0 aliphatic rings. The molecule has 0 atom stereocenters. The minimum Gasteiger partial charge on any atom is -0.481 e. The Hall–Kier alpha value is -1.92. The maximum Gasteiger partial charge on any atom is 0.377 e. The van der Waals surface area contributed by atoms with Crippen LogP contribution in [0.3, 0.4) is 0 Å². The van der Waals surface area contributed by atoms with Crippen molar-refractivity contribution in [3.8, 4) is 0 Å². The van der Waals surface area contributed by atoms with Crippen molar-refractivity contribution in [2.45, 2.75) is 13.0 Å². The summed E-state index contributed by atoms with van der Waals surface area (Å²) in [7, 11) is 1.22. The largest absolute Gasteiger partial charge is 0.481 e. The number of rotatable bonds is 4. The van der Waals surface area contributed by atoms with E-state index in [0.29, 0.717) is 0 Å². The molecule has 1 aromatic rings. The van der Waals surface area contributed by atoms with Crippen LogP contribution < -0.4 is 0 Å². The van der Waals surface area contributed by atoms with Gasteiger partial charge in [0.25, 0.3) is 5.82 Å². The van der Waals surface area contributed by atoms with Crippen molar-refractivity contribution in [1.29, 1.82) is 0 Å². The van der Waals surface area contributed by atoms with Gasteiger partial charge in [-0.05, 0) is 0 Å². The first kappa shape index (κ1) is 10.2. The van der Waals surface area contributed by atoms with Crippen LogP contribution in [0.5, 0.6) is 0 Å². The molecule has 0 fully saturated rings. The molecule has 0 spiro atoms. The summed E-state index contributed by atoms with van der Waals surface area (Å²) in [6.07, 6.45) is 1.22. The van der Waals surface area contributed by atoms with Crippen LogP contribution in [0.2, 0.25) is 0 Å². The second-order valence-corrected chi connectivity index (χ2v) is 2.47. The third kappa shape index (κ3) is 2.54. The van der Waals surface area contributed by atoms with E-state index in [2.05, 4.69) is 14.8 Å². The number of hydrogen-bond donors (Lipinski definition) is 1. The number of aromatic nitrogens is 3. The first-order valence-electron chi connectivity index (χ1n) is 3.83. The summed E-state index contributed by atoms with van der Waals surface area (Å²) >= 11 is 0. The van der Waals surface area contributed by atoms with Crippen molar-refractivity contribution in [2.24, 2.45) is 0 Å². The Labute approximate surface area is 79.3 Å². The van der Waals surface area contributed by atoms with Gasteiger partial charge in [-0.15, -0.1) is 5.10 Å². The van der Waals surface area contributed by atoms with Crippen LogP contribution in [-0.2, 0) is 16.1 Å². The maximum atomic E-state index is 10.9. The van der Waals surface area contributed by atoms with Crippen molar-refractivity contribution < 1.29 is 19.4 Å². The van der Waals surface area contributed by atoms with E-state index in [-0.39, 0.29) is 18.8 Å². The summed E-state index contributed by atoms with van der Waals surface area (Å²) in [6, 6.07) is 0. The summed E-state index contributed by atoms with van der Waals surface area (Å²) in [4.78, 5) is 24.8. The summed E-state index contributed by atoms with van der Waals surface area (Å²) < 4.78 is 5.66. The van der Waals surface area contributed by atoms with E-state index in [4.69, 9.17) is 5.11 Å². The molecule has 1 N–H and O–H groups in total. The lowest BCUT2D eigenvalue weighted by atomic mass is 10.4. The number of methoxy groups -OCH3 is 1. The maximum absolute atomic E-state index is 10.9. The molecule has 0 aliphatic carbocycles. The minimum atomic E-state index is -0.930. The highest BCUT2D eigenvalue weighted by molar-refractivity contribution is 5.84. The molecular weight excluding hydrogens is 190 g/mol. The second kappa shape index (κ2) is 4.35. The van der Waals surface area contributed by atoms with E-state index in [0.717, 1.165) is 0 Å². The molecule has 0 bridgehead atoms. The molecule has 14 heavy (non-hydrogen) atoms. The van der Waals surface area contributed by atoms with Gasteiger partial charge in [0.05, 0.1) is 20.1 Å². The Morgan fingerprint density at radius 1 is 1.64 bits per heavy atom. The van der Waals surface area contributed by atoms with Gasteiger partial charge in [-0.2, -0.15) is 0 Å². The normalized spacial score (nSPS) is 9.79. The van der Waals surface area contributed by atoms with Gasteiger partial charge in [-0.1, -0.05) is 0 Å². The Balaban J connectivity index is 2.59. The highest BCUT2D eigenvalue weighted by atomic mass is 16.5. The number of carboxylic acids is 1. The number of esters is 1. The van der Waals surface area contributed by atoms with Crippen LogP contribution in [-0.4, -0.2) is 38.9 Å². The quantitative estimate of drug-likeness (QED) is 0.659. The molecule has 0 amide bonds.